The molecule has 0 saturated carbocycles. The molecule has 4 rings (SSSR count). The van der Waals surface area contributed by atoms with Gasteiger partial charge in [-0.1, -0.05) is 6.07 Å². The molecule has 0 aliphatic rings. The maximum Gasteiger partial charge on any atom is 0.296 e. The average Bonchev–Trinajstić information content (AvgIpc) is 2.85. The molecular formula is C21H16Cl2N6O8S2. The molecule has 0 radical (unpaired) electrons. The molecule has 204 valence electrons. The smallest absolute Gasteiger partial charge is 0.296 e. The second-order valence-electron chi connectivity index (χ2n) is 7.69. The summed E-state index contributed by atoms with van der Waals surface area (Å²) in [6, 6.07) is 8.87. The fourth-order valence-electron chi connectivity index (χ4n) is 3.43. The van der Waals surface area contributed by atoms with Crippen molar-refractivity contribution in [2.24, 2.45) is 10.2 Å². The Labute approximate surface area is 231 Å². The summed E-state index contributed by atoms with van der Waals surface area (Å²) in [6.45, 7) is 0. The van der Waals surface area contributed by atoms with Crippen molar-refractivity contribution in [1.29, 1.82) is 0 Å². The molecule has 0 bridgehead atoms. The van der Waals surface area contributed by atoms with Crippen LogP contribution >= 0.6 is 23.2 Å². The lowest BCUT2D eigenvalue weighted by Crippen LogP contribution is -2.13. The fraction of sp³-hybridized carbons (Fsp3) is 0.0952. The van der Waals surface area contributed by atoms with Crippen LogP contribution in [0.15, 0.2) is 62.5 Å². The number of aromatic hydroxyl groups is 1. The summed E-state index contributed by atoms with van der Waals surface area (Å²) in [5.41, 5.74) is -0.716. The zero-order valence-electron chi connectivity index (χ0n) is 19.7. The van der Waals surface area contributed by atoms with Gasteiger partial charge in [0.1, 0.15) is 26.9 Å². The first-order valence-electron chi connectivity index (χ1n) is 10.3. The van der Waals surface area contributed by atoms with Crippen molar-refractivity contribution in [3.63, 3.8) is 0 Å². The van der Waals surface area contributed by atoms with Crippen molar-refractivity contribution in [1.82, 2.24) is 15.0 Å². The number of ether oxygens (including phenoxy) is 1. The number of anilines is 2. The summed E-state index contributed by atoms with van der Waals surface area (Å²) in [4.78, 5) is 11.6. The Morgan fingerprint density at radius 2 is 1.51 bits per heavy atom. The topological polar surface area (TPSA) is 205 Å². The maximum absolute atomic E-state index is 12.1. The number of nitrogens with zero attached hydrogens (tertiary/aromatic N) is 6. The summed E-state index contributed by atoms with van der Waals surface area (Å²) < 4.78 is 72.3. The van der Waals surface area contributed by atoms with Crippen molar-refractivity contribution in [2.45, 2.75) is 9.79 Å². The summed E-state index contributed by atoms with van der Waals surface area (Å²) in [5, 5.41) is 18.4. The van der Waals surface area contributed by atoms with Gasteiger partial charge in [0, 0.05) is 24.2 Å². The third-order valence-electron chi connectivity index (χ3n) is 5.27. The minimum atomic E-state index is -4.95. The molecule has 4 aromatic rings. The summed E-state index contributed by atoms with van der Waals surface area (Å²) in [6.07, 6.45) is 0. The number of aromatic nitrogens is 3. The highest BCUT2D eigenvalue weighted by Gasteiger charge is 2.24. The predicted molar refractivity (Wildman–Crippen MR) is 140 cm³/mol. The first kappa shape index (κ1) is 28.3. The number of fused-ring (bicyclic) bond motifs is 1. The monoisotopic (exact) mass is 614 g/mol. The molecule has 0 atom stereocenters. The van der Waals surface area contributed by atoms with Crippen LogP contribution in [0.4, 0.5) is 23.0 Å². The van der Waals surface area contributed by atoms with Gasteiger partial charge in [0.15, 0.2) is 5.75 Å². The minimum absolute atomic E-state index is 0.0607. The van der Waals surface area contributed by atoms with Gasteiger partial charge in [-0.2, -0.15) is 31.8 Å². The van der Waals surface area contributed by atoms with E-state index in [4.69, 9.17) is 27.9 Å². The van der Waals surface area contributed by atoms with Gasteiger partial charge in [-0.25, -0.2) is 0 Å². The van der Waals surface area contributed by atoms with Crippen molar-refractivity contribution in [2.75, 3.05) is 19.1 Å². The number of benzene rings is 3. The van der Waals surface area contributed by atoms with Gasteiger partial charge in [0.05, 0.1) is 7.11 Å². The highest BCUT2D eigenvalue weighted by molar-refractivity contribution is 7.86. The lowest BCUT2D eigenvalue weighted by molar-refractivity contribution is 0.412. The van der Waals surface area contributed by atoms with Crippen LogP contribution in [-0.2, 0) is 20.2 Å². The lowest BCUT2D eigenvalue weighted by atomic mass is 10.1. The molecule has 0 fully saturated rings. The van der Waals surface area contributed by atoms with Gasteiger partial charge in [-0.05, 0) is 58.9 Å². The van der Waals surface area contributed by atoms with Crippen LogP contribution in [0, 0.1) is 0 Å². The largest absolute Gasteiger partial charge is 0.505 e. The van der Waals surface area contributed by atoms with Crippen molar-refractivity contribution >= 4 is 77.2 Å². The van der Waals surface area contributed by atoms with Crippen LogP contribution in [0.1, 0.15) is 0 Å². The van der Waals surface area contributed by atoms with Gasteiger partial charge in [0.25, 0.3) is 20.2 Å². The lowest BCUT2D eigenvalue weighted by Gasteiger charge is -2.18. The van der Waals surface area contributed by atoms with Crippen LogP contribution in [0.25, 0.3) is 10.8 Å². The van der Waals surface area contributed by atoms with Crippen molar-refractivity contribution < 1.29 is 35.8 Å². The van der Waals surface area contributed by atoms with E-state index in [-0.39, 0.29) is 33.0 Å². The van der Waals surface area contributed by atoms with E-state index in [1.54, 1.807) is 7.05 Å². The number of halogens is 2. The molecule has 3 N–H and O–H groups in total. The van der Waals surface area contributed by atoms with Crippen LogP contribution in [0.5, 0.6) is 11.5 Å². The molecule has 0 unspecified atom stereocenters. The molecule has 39 heavy (non-hydrogen) atoms. The molecule has 1 heterocycles. The van der Waals surface area contributed by atoms with Crippen LogP contribution in [0.3, 0.4) is 0 Å². The van der Waals surface area contributed by atoms with Gasteiger partial charge in [-0.3, -0.25) is 9.11 Å². The van der Waals surface area contributed by atoms with E-state index in [0.29, 0.717) is 5.69 Å². The van der Waals surface area contributed by atoms with E-state index < -0.39 is 47.2 Å². The molecule has 0 saturated heterocycles. The van der Waals surface area contributed by atoms with Gasteiger partial charge in [-0.15, -0.1) is 10.2 Å². The first-order valence-corrected chi connectivity index (χ1v) is 14.0. The first-order chi connectivity index (χ1) is 18.2. The second-order valence-corrected chi connectivity index (χ2v) is 11.1. The molecule has 1 aromatic heterocycles. The highest BCUT2D eigenvalue weighted by atomic mass is 35.5. The van der Waals surface area contributed by atoms with E-state index in [1.807, 2.05) is 0 Å². The molecule has 18 heteroatoms. The molecule has 14 nitrogen and oxygen atoms in total. The van der Waals surface area contributed by atoms with E-state index >= 15 is 0 Å². The van der Waals surface area contributed by atoms with E-state index in [0.717, 1.165) is 18.2 Å². The molecular weight excluding hydrogens is 599 g/mol. The second kappa shape index (κ2) is 10.5. The van der Waals surface area contributed by atoms with Crippen molar-refractivity contribution in [3.8, 4) is 11.5 Å². The summed E-state index contributed by atoms with van der Waals surface area (Å²) >= 11 is 11.7. The predicted octanol–water partition coefficient (Wildman–Crippen LogP) is 4.72. The Hall–Kier alpha value is -3.67. The van der Waals surface area contributed by atoms with Crippen LogP contribution in [0.2, 0.25) is 10.6 Å². The maximum atomic E-state index is 12.1. The summed E-state index contributed by atoms with van der Waals surface area (Å²) in [7, 11) is -6.92. The van der Waals surface area contributed by atoms with Gasteiger partial charge in [0.2, 0.25) is 16.5 Å². The van der Waals surface area contributed by atoms with Gasteiger partial charge < -0.3 is 14.7 Å². The summed E-state index contributed by atoms with van der Waals surface area (Å²) in [5.74, 6) is -0.579. The number of rotatable bonds is 7. The zero-order chi connectivity index (χ0) is 28.7. The Bertz CT molecular complexity index is 1850. The Morgan fingerprint density at radius 3 is 2.10 bits per heavy atom. The fourth-order valence-corrected chi connectivity index (χ4v) is 5.08. The SMILES string of the molecule is COc1ccc(N=Nc2c(S(=O)(=O)O)cc3ccc(N(C)c4nc(Cl)nc(Cl)n4)cc3c2O)c(S(=O)(=O)O)c1. The molecule has 0 spiro atoms. The van der Waals surface area contributed by atoms with E-state index in [9.17, 15) is 31.0 Å². The third-order valence-corrected chi connectivity index (χ3v) is 7.36. The molecule has 0 amide bonds. The van der Waals surface area contributed by atoms with E-state index in [1.165, 1.54) is 36.3 Å². The minimum Gasteiger partial charge on any atom is -0.505 e. The van der Waals surface area contributed by atoms with Crippen LogP contribution < -0.4 is 9.64 Å². The Morgan fingerprint density at radius 1 is 0.872 bits per heavy atom. The number of phenols is 1. The van der Waals surface area contributed by atoms with Crippen molar-refractivity contribution in [3.05, 3.63) is 53.0 Å². The molecule has 0 aliphatic heterocycles. The van der Waals surface area contributed by atoms with Gasteiger partial charge >= 0.3 is 0 Å². The normalized spacial score (nSPS) is 12.3. The highest BCUT2D eigenvalue weighted by Crippen LogP contribution is 2.43. The Kier molecular flexibility index (Phi) is 7.61. The number of phenolic OH excluding ortho intramolecular Hbond substituents is 1. The molecule has 3 aromatic carbocycles. The number of methoxy groups -OCH3 is 1. The third kappa shape index (κ3) is 6.00. The quantitative estimate of drug-likeness (QED) is 0.191. The zero-order valence-corrected chi connectivity index (χ0v) is 22.8. The average molecular weight is 615 g/mol. The van der Waals surface area contributed by atoms with Crippen LogP contribution in [-0.4, -0.2) is 60.2 Å². The Balaban J connectivity index is 1.90. The number of hydrogen-bond acceptors (Lipinski definition) is 12. The number of hydrogen-bond donors (Lipinski definition) is 3. The number of azo groups is 1. The van der Waals surface area contributed by atoms with E-state index in [2.05, 4.69) is 25.2 Å². The molecule has 0 aliphatic carbocycles. The standard InChI is InChI=1S/C21H16Cl2N6O8S2/c1-29(21-25-19(22)24-20(23)26-21)11-4-3-10-7-16(39(34,35)36)17(18(30)13(10)8-11)28-27-14-6-5-12(37-2)9-15(14)38(31,32)33/h3-9,30H,1-2H3,(H,31,32,33)(H,34,35,36).